The van der Waals surface area contributed by atoms with E-state index in [9.17, 15) is 10.1 Å². The first-order valence-electron chi connectivity index (χ1n) is 6.81. The van der Waals surface area contributed by atoms with Crippen molar-refractivity contribution in [2.45, 2.75) is 19.8 Å². The molecule has 1 saturated heterocycles. The van der Waals surface area contributed by atoms with Crippen LogP contribution in [0.4, 0.5) is 11.4 Å². The van der Waals surface area contributed by atoms with Crippen molar-refractivity contribution in [1.29, 1.82) is 0 Å². The van der Waals surface area contributed by atoms with Crippen molar-refractivity contribution < 1.29 is 9.66 Å². The van der Waals surface area contributed by atoms with E-state index in [1.807, 2.05) is 0 Å². The zero-order valence-corrected chi connectivity index (χ0v) is 11.9. The number of hydrogen-bond donors (Lipinski definition) is 2. The molecule has 6 heteroatoms. The Balaban J connectivity index is 2.04. The van der Waals surface area contributed by atoms with Gasteiger partial charge in [-0.3, -0.25) is 10.1 Å². The van der Waals surface area contributed by atoms with E-state index in [0.29, 0.717) is 0 Å². The van der Waals surface area contributed by atoms with Crippen LogP contribution < -0.4 is 15.4 Å². The lowest BCUT2D eigenvalue weighted by Crippen LogP contribution is -2.42. The Hall–Kier alpha value is -1.82. The highest BCUT2D eigenvalue weighted by molar-refractivity contribution is 5.58. The Kier molecular flexibility index (Phi) is 4.44. The fourth-order valence-electron chi connectivity index (χ4n) is 2.52. The SMILES string of the molecule is COc1cc(NCC2(C)CCCNC2)ccc1[N+](=O)[O-]. The molecule has 1 fully saturated rings. The highest BCUT2D eigenvalue weighted by Gasteiger charge is 2.26. The summed E-state index contributed by atoms with van der Waals surface area (Å²) >= 11 is 0. The zero-order valence-electron chi connectivity index (χ0n) is 11.9. The minimum absolute atomic E-state index is 0.0106. The maximum Gasteiger partial charge on any atom is 0.311 e. The van der Waals surface area contributed by atoms with Crippen molar-refractivity contribution in [2.75, 3.05) is 32.1 Å². The average molecular weight is 279 g/mol. The molecular weight excluding hydrogens is 258 g/mol. The van der Waals surface area contributed by atoms with Crippen LogP contribution in [-0.2, 0) is 0 Å². The Morgan fingerprint density at radius 1 is 1.55 bits per heavy atom. The predicted octanol–water partition coefficient (Wildman–Crippen LogP) is 2.41. The lowest BCUT2D eigenvalue weighted by Gasteiger charge is -2.34. The standard InChI is InChI=1S/C14H21N3O3/c1-14(6-3-7-15-9-14)10-16-11-4-5-12(17(18)19)13(8-11)20-2/h4-5,8,15-16H,3,6-7,9-10H2,1-2H3. The normalized spacial score (nSPS) is 22.3. The van der Waals surface area contributed by atoms with Gasteiger partial charge in [-0.1, -0.05) is 6.92 Å². The van der Waals surface area contributed by atoms with Gasteiger partial charge in [-0.2, -0.15) is 0 Å². The molecule has 1 aromatic carbocycles. The molecule has 0 bridgehead atoms. The number of nitro groups is 1. The van der Waals surface area contributed by atoms with Gasteiger partial charge in [-0.05, 0) is 30.9 Å². The highest BCUT2D eigenvalue weighted by Crippen LogP contribution is 2.31. The minimum atomic E-state index is -0.436. The lowest BCUT2D eigenvalue weighted by molar-refractivity contribution is -0.385. The zero-order chi connectivity index (χ0) is 14.6. The summed E-state index contributed by atoms with van der Waals surface area (Å²) in [6, 6.07) is 4.88. The van der Waals surface area contributed by atoms with Crippen LogP contribution in [0.1, 0.15) is 19.8 Å². The maximum atomic E-state index is 10.8. The molecule has 1 aromatic rings. The van der Waals surface area contributed by atoms with Gasteiger partial charge >= 0.3 is 5.69 Å². The number of ether oxygens (including phenoxy) is 1. The summed E-state index contributed by atoms with van der Waals surface area (Å²) in [5, 5.41) is 17.6. The van der Waals surface area contributed by atoms with E-state index in [4.69, 9.17) is 4.74 Å². The quantitative estimate of drug-likeness (QED) is 0.639. The first-order valence-corrected chi connectivity index (χ1v) is 6.81. The number of nitrogens with zero attached hydrogens (tertiary/aromatic N) is 1. The third kappa shape index (κ3) is 3.39. The van der Waals surface area contributed by atoms with Crippen LogP contribution in [0.15, 0.2) is 18.2 Å². The third-order valence-electron chi connectivity index (χ3n) is 3.78. The van der Waals surface area contributed by atoms with Gasteiger partial charge < -0.3 is 15.4 Å². The largest absolute Gasteiger partial charge is 0.490 e. The van der Waals surface area contributed by atoms with E-state index >= 15 is 0 Å². The van der Waals surface area contributed by atoms with Crippen LogP contribution in [0, 0.1) is 15.5 Å². The van der Waals surface area contributed by atoms with Crippen LogP contribution >= 0.6 is 0 Å². The monoisotopic (exact) mass is 279 g/mol. The average Bonchev–Trinajstić information content (AvgIpc) is 2.45. The molecule has 0 amide bonds. The minimum Gasteiger partial charge on any atom is -0.490 e. The molecule has 0 spiro atoms. The van der Waals surface area contributed by atoms with Gasteiger partial charge in [-0.15, -0.1) is 0 Å². The second kappa shape index (κ2) is 6.09. The Labute approximate surface area is 118 Å². The number of nitrogens with one attached hydrogen (secondary N) is 2. The molecular formula is C14H21N3O3. The number of nitro benzene ring substituents is 1. The van der Waals surface area contributed by atoms with E-state index in [0.717, 1.165) is 25.3 Å². The molecule has 1 heterocycles. The van der Waals surface area contributed by atoms with Gasteiger partial charge in [0, 0.05) is 30.9 Å². The van der Waals surface area contributed by atoms with Crippen LogP contribution in [0.3, 0.4) is 0 Å². The molecule has 0 aromatic heterocycles. The molecule has 2 N–H and O–H groups in total. The molecule has 1 atom stereocenters. The molecule has 1 aliphatic heterocycles. The van der Waals surface area contributed by atoms with Crippen LogP contribution in [0.5, 0.6) is 5.75 Å². The van der Waals surface area contributed by atoms with Crippen molar-refractivity contribution in [3.8, 4) is 5.75 Å². The molecule has 2 rings (SSSR count). The van der Waals surface area contributed by atoms with Crippen molar-refractivity contribution in [1.82, 2.24) is 5.32 Å². The summed E-state index contributed by atoms with van der Waals surface area (Å²) in [4.78, 5) is 10.4. The van der Waals surface area contributed by atoms with Crippen molar-refractivity contribution in [2.24, 2.45) is 5.41 Å². The van der Waals surface area contributed by atoms with E-state index in [2.05, 4.69) is 17.6 Å². The summed E-state index contributed by atoms with van der Waals surface area (Å²) in [5.74, 6) is 0.284. The predicted molar refractivity (Wildman–Crippen MR) is 78.3 cm³/mol. The maximum absolute atomic E-state index is 10.8. The molecule has 1 unspecified atom stereocenters. The number of anilines is 1. The van der Waals surface area contributed by atoms with Crippen molar-refractivity contribution >= 4 is 11.4 Å². The first-order chi connectivity index (χ1) is 9.54. The van der Waals surface area contributed by atoms with Crippen LogP contribution in [-0.4, -0.2) is 31.7 Å². The second-order valence-corrected chi connectivity index (χ2v) is 5.59. The first kappa shape index (κ1) is 14.6. The molecule has 0 saturated carbocycles. The van der Waals surface area contributed by atoms with Gasteiger partial charge in [0.2, 0.25) is 0 Å². The third-order valence-corrected chi connectivity index (χ3v) is 3.78. The van der Waals surface area contributed by atoms with E-state index < -0.39 is 4.92 Å². The van der Waals surface area contributed by atoms with Crippen molar-refractivity contribution in [3.63, 3.8) is 0 Å². The molecule has 20 heavy (non-hydrogen) atoms. The van der Waals surface area contributed by atoms with Gasteiger partial charge in [0.15, 0.2) is 5.75 Å². The van der Waals surface area contributed by atoms with Gasteiger partial charge in [0.25, 0.3) is 0 Å². The topological polar surface area (TPSA) is 76.4 Å². The molecule has 1 aliphatic rings. The molecule has 6 nitrogen and oxygen atoms in total. The van der Waals surface area contributed by atoms with Crippen LogP contribution in [0.25, 0.3) is 0 Å². The molecule has 0 aliphatic carbocycles. The number of methoxy groups -OCH3 is 1. The van der Waals surface area contributed by atoms with E-state index in [-0.39, 0.29) is 16.9 Å². The van der Waals surface area contributed by atoms with Crippen LogP contribution in [0.2, 0.25) is 0 Å². The number of piperidine rings is 1. The summed E-state index contributed by atoms with van der Waals surface area (Å²) in [5.41, 5.74) is 1.05. The summed E-state index contributed by atoms with van der Waals surface area (Å²) in [7, 11) is 1.44. The molecule has 0 radical (unpaired) electrons. The van der Waals surface area contributed by atoms with E-state index in [1.165, 1.54) is 26.0 Å². The Morgan fingerprint density at radius 2 is 2.35 bits per heavy atom. The molecule has 110 valence electrons. The smallest absolute Gasteiger partial charge is 0.311 e. The fraction of sp³-hybridized carbons (Fsp3) is 0.571. The lowest BCUT2D eigenvalue weighted by atomic mass is 9.83. The fourth-order valence-corrected chi connectivity index (χ4v) is 2.52. The number of benzene rings is 1. The Morgan fingerprint density at radius 3 is 2.95 bits per heavy atom. The van der Waals surface area contributed by atoms with Gasteiger partial charge in [0.05, 0.1) is 12.0 Å². The summed E-state index contributed by atoms with van der Waals surface area (Å²) < 4.78 is 5.07. The second-order valence-electron chi connectivity index (χ2n) is 5.59. The number of rotatable bonds is 5. The van der Waals surface area contributed by atoms with Crippen molar-refractivity contribution in [3.05, 3.63) is 28.3 Å². The van der Waals surface area contributed by atoms with E-state index in [1.54, 1.807) is 12.1 Å². The highest BCUT2D eigenvalue weighted by atomic mass is 16.6. The summed E-state index contributed by atoms with van der Waals surface area (Å²) in [6.07, 6.45) is 2.36. The summed E-state index contributed by atoms with van der Waals surface area (Å²) in [6.45, 7) is 5.15. The Bertz CT molecular complexity index is 485. The van der Waals surface area contributed by atoms with Gasteiger partial charge in [-0.25, -0.2) is 0 Å². The van der Waals surface area contributed by atoms with Gasteiger partial charge in [0.1, 0.15) is 0 Å². The number of hydrogen-bond acceptors (Lipinski definition) is 5.